The lowest BCUT2D eigenvalue weighted by atomic mass is 10.5. The van der Waals surface area contributed by atoms with Gasteiger partial charge in [0.05, 0.1) is 0 Å². The molecule has 2 N–H and O–H groups in total. The van der Waals surface area contributed by atoms with E-state index in [-0.39, 0.29) is 5.03 Å². The maximum absolute atomic E-state index is 12.5. The van der Waals surface area contributed by atoms with Gasteiger partial charge in [-0.2, -0.15) is 0 Å². The molecule has 118 valence electrons. The Morgan fingerprint density at radius 2 is 2.10 bits per heavy atom. The quantitative estimate of drug-likeness (QED) is 0.756. The lowest BCUT2D eigenvalue weighted by Gasteiger charge is -2.18. The summed E-state index contributed by atoms with van der Waals surface area (Å²) in [5.41, 5.74) is 0. The van der Waals surface area contributed by atoms with Crippen molar-refractivity contribution < 1.29 is 8.42 Å². The van der Waals surface area contributed by atoms with E-state index in [1.807, 2.05) is 5.38 Å². The molecule has 0 saturated carbocycles. The highest BCUT2D eigenvalue weighted by Gasteiger charge is 2.25. The van der Waals surface area contributed by atoms with Crippen molar-refractivity contribution in [3.05, 3.63) is 11.6 Å². The molecule has 2 aromatic heterocycles. The van der Waals surface area contributed by atoms with E-state index in [2.05, 4.69) is 33.8 Å². The molecule has 9 heteroatoms. The molecule has 21 heavy (non-hydrogen) atoms. The Morgan fingerprint density at radius 3 is 2.71 bits per heavy atom. The van der Waals surface area contributed by atoms with E-state index in [4.69, 9.17) is 0 Å². The van der Waals surface area contributed by atoms with Crippen molar-refractivity contribution in [2.24, 2.45) is 0 Å². The largest absolute Gasteiger partial charge is 0.371 e. The summed E-state index contributed by atoms with van der Waals surface area (Å²) in [6.45, 7) is 6.99. The molecule has 0 aromatic carbocycles. The van der Waals surface area contributed by atoms with E-state index in [9.17, 15) is 8.42 Å². The Kier molecular flexibility index (Phi) is 5.20. The fourth-order valence-electron chi connectivity index (χ4n) is 2.13. The zero-order chi connectivity index (χ0) is 15.5. The SMILES string of the molecule is CCN(CC)CCNS(=O)(=O)c1c(NC)nc2sccn12. The molecule has 0 aliphatic rings. The summed E-state index contributed by atoms with van der Waals surface area (Å²) >= 11 is 1.40. The van der Waals surface area contributed by atoms with E-state index < -0.39 is 10.0 Å². The summed E-state index contributed by atoms with van der Waals surface area (Å²) in [5.74, 6) is 0.372. The maximum atomic E-state index is 12.5. The number of thiazole rings is 1. The minimum Gasteiger partial charge on any atom is -0.371 e. The topological polar surface area (TPSA) is 78.7 Å². The first-order valence-corrected chi connectivity index (χ1v) is 9.25. The van der Waals surface area contributed by atoms with Crippen LogP contribution in [0.25, 0.3) is 4.96 Å². The van der Waals surface area contributed by atoms with Gasteiger partial charge in [0.2, 0.25) is 0 Å². The highest BCUT2D eigenvalue weighted by atomic mass is 32.2. The molecule has 2 aromatic rings. The van der Waals surface area contributed by atoms with E-state index in [1.54, 1.807) is 17.6 Å². The van der Waals surface area contributed by atoms with Gasteiger partial charge in [0.15, 0.2) is 15.8 Å². The van der Waals surface area contributed by atoms with Crippen molar-refractivity contribution in [2.45, 2.75) is 18.9 Å². The fraction of sp³-hybridized carbons (Fsp3) is 0.583. The second kappa shape index (κ2) is 6.73. The molecule has 0 atom stereocenters. The van der Waals surface area contributed by atoms with Crippen LogP contribution in [0.5, 0.6) is 0 Å². The van der Waals surface area contributed by atoms with Crippen LogP contribution in [0.15, 0.2) is 16.6 Å². The monoisotopic (exact) mass is 331 g/mol. The van der Waals surface area contributed by atoms with E-state index in [1.165, 1.54) is 11.3 Å². The number of aromatic nitrogens is 2. The zero-order valence-corrected chi connectivity index (χ0v) is 14.1. The minimum atomic E-state index is -3.60. The van der Waals surface area contributed by atoms with Gasteiger partial charge in [0.1, 0.15) is 0 Å². The van der Waals surface area contributed by atoms with Crippen molar-refractivity contribution in [3.63, 3.8) is 0 Å². The standard InChI is InChI=1S/C12H21N5O2S2/c1-4-16(5-2)7-6-14-21(18,19)11-10(13-3)15-12-17(11)8-9-20-12/h8-9,13-14H,4-7H2,1-3H3. The van der Waals surface area contributed by atoms with Gasteiger partial charge in [0.25, 0.3) is 10.0 Å². The number of nitrogens with one attached hydrogen (secondary N) is 2. The van der Waals surface area contributed by atoms with Gasteiger partial charge in [-0.1, -0.05) is 13.8 Å². The van der Waals surface area contributed by atoms with Crippen LogP contribution in [0.3, 0.4) is 0 Å². The molecule has 0 saturated heterocycles. The minimum absolute atomic E-state index is 0.167. The molecule has 0 radical (unpaired) electrons. The van der Waals surface area contributed by atoms with Crippen molar-refractivity contribution in [2.75, 3.05) is 38.5 Å². The van der Waals surface area contributed by atoms with Crippen LogP contribution in [0.2, 0.25) is 0 Å². The third-order valence-electron chi connectivity index (χ3n) is 3.32. The first kappa shape index (κ1) is 16.2. The fourth-order valence-corrected chi connectivity index (χ4v) is 4.21. The number of rotatable bonds is 8. The number of sulfonamides is 1. The molecule has 0 fully saturated rings. The van der Waals surface area contributed by atoms with Crippen LogP contribution in [-0.4, -0.2) is 55.9 Å². The summed E-state index contributed by atoms with van der Waals surface area (Å²) < 4.78 is 29.3. The number of fused-ring (bicyclic) bond motifs is 1. The second-order valence-corrected chi connectivity index (χ2v) is 7.05. The Hall–Kier alpha value is -1.16. The number of likely N-dealkylation sites (N-methyl/N-ethyl adjacent to an activating group) is 1. The number of anilines is 1. The van der Waals surface area contributed by atoms with Crippen molar-refractivity contribution >= 4 is 32.1 Å². The van der Waals surface area contributed by atoms with Crippen LogP contribution >= 0.6 is 11.3 Å². The van der Waals surface area contributed by atoms with Crippen LogP contribution < -0.4 is 10.0 Å². The lowest BCUT2D eigenvalue weighted by molar-refractivity contribution is 0.309. The van der Waals surface area contributed by atoms with Gasteiger partial charge in [0, 0.05) is 31.7 Å². The third kappa shape index (κ3) is 3.37. The summed E-state index contributed by atoms with van der Waals surface area (Å²) in [4.78, 5) is 7.09. The van der Waals surface area contributed by atoms with Gasteiger partial charge in [-0.3, -0.25) is 4.40 Å². The Morgan fingerprint density at radius 1 is 1.38 bits per heavy atom. The van der Waals surface area contributed by atoms with Crippen LogP contribution in [-0.2, 0) is 10.0 Å². The molecule has 0 bridgehead atoms. The average molecular weight is 331 g/mol. The smallest absolute Gasteiger partial charge is 0.260 e. The number of nitrogens with zero attached hydrogens (tertiary/aromatic N) is 3. The Balaban J connectivity index is 2.19. The van der Waals surface area contributed by atoms with Gasteiger partial charge in [-0.05, 0) is 13.1 Å². The highest BCUT2D eigenvalue weighted by molar-refractivity contribution is 7.89. The van der Waals surface area contributed by atoms with Crippen molar-refractivity contribution in [3.8, 4) is 0 Å². The zero-order valence-electron chi connectivity index (χ0n) is 12.5. The number of hydrogen-bond acceptors (Lipinski definition) is 6. The lowest BCUT2D eigenvalue weighted by Crippen LogP contribution is -2.35. The van der Waals surface area contributed by atoms with Gasteiger partial charge in [-0.15, -0.1) is 11.3 Å². The normalized spacial score (nSPS) is 12.4. The molecule has 2 heterocycles. The van der Waals surface area contributed by atoms with Crippen LogP contribution in [0.4, 0.5) is 5.82 Å². The van der Waals surface area contributed by atoms with E-state index >= 15 is 0 Å². The van der Waals surface area contributed by atoms with E-state index in [0.29, 0.717) is 23.9 Å². The van der Waals surface area contributed by atoms with Crippen LogP contribution in [0, 0.1) is 0 Å². The number of hydrogen-bond donors (Lipinski definition) is 2. The molecule has 0 unspecified atom stereocenters. The molecular weight excluding hydrogens is 310 g/mol. The Labute approximate surface area is 129 Å². The van der Waals surface area contributed by atoms with Crippen LogP contribution in [0.1, 0.15) is 13.8 Å². The highest BCUT2D eigenvalue weighted by Crippen LogP contribution is 2.24. The summed E-state index contributed by atoms with van der Waals surface area (Å²) in [6.07, 6.45) is 1.72. The van der Waals surface area contributed by atoms with E-state index in [0.717, 1.165) is 13.1 Å². The third-order valence-corrected chi connectivity index (χ3v) is 5.56. The molecule has 0 spiro atoms. The first-order valence-electron chi connectivity index (χ1n) is 6.88. The maximum Gasteiger partial charge on any atom is 0.260 e. The molecule has 0 aliphatic heterocycles. The van der Waals surface area contributed by atoms with Gasteiger partial charge < -0.3 is 10.2 Å². The first-order chi connectivity index (χ1) is 10.0. The predicted molar refractivity (Wildman–Crippen MR) is 85.6 cm³/mol. The molecule has 7 nitrogen and oxygen atoms in total. The molecular formula is C12H21N5O2S2. The molecule has 2 rings (SSSR count). The second-order valence-electron chi connectivity index (χ2n) is 4.50. The van der Waals surface area contributed by atoms with Crippen molar-refractivity contribution in [1.82, 2.24) is 19.0 Å². The van der Waals surface area contributed by atoms with Gasteiger partial charge >= 0.3 is 0 Å². The Bertz CT molecular complexity index is 688. The summed E-state index contributed by atoms with van der Waals surface area (Å²) in [6, 6.07) is 0. The molecule has 0 amide bonds. The summed E-state index contributed by atoms with van der Waals surface area (Å²) in [5, 5.41) is 4.83. The predicted octanol–water partition coefficient (Wildman–Crippen LogP) is 1.06. The molecule has 0 aliphatic carbocycles. The summed E-state index contributed by atoms with van der Waals surface area (Å²) in [7, 11) is -1.93. The average Bonchev–Trinajstić information content (AvgIpc) is 3.03. The number of imidazole rings is 1. The van der Waals surface area contributed by atoms with Crippen molar-refractivity contribution in [1.29, 1.82) is 0 Å². The van der Waals surface area contributed by atoms with Gasteiger partial charge in [-0.25, -0.2) is 18.1 Å².